The lowest BCUT2D eigenvalue weighted by Gasteiger charge is -2.39. The lowest BCUT2D eigenvalue weighted by atomic mass is 10.1. The highest BCUT2D eigenvalue weighted by molar-refractivity contribution is 7.80. The quantitative estimate of drug-likeness (QED) is 0.845. The van der Waals surface area contributed by atoms with Gasteiger partial charge in [-0.1, -0.05) is 37.2 Å². The Kier molecular flexibility index (Phi) is 5.57. The Hall–Kier alpha value is -0.910. The summed E-state index contributed by atoms with van der Waals surface area (Å²) in [5.41, 5.74) is 5.87. The lowest BCUT2D eigenvalue weighted by molar-refractivity contribution is 0.219. The van der Waals surface area contributed by atoms with Crippen molar-refractivity contribution in [3.63, 3.8) is 0 Å². The molecule has 1 aliphatic rings. The van der Waals surface area contributed by atoms with E-state index >= 15 is 0 Å². The summed E-state index contributed by atoms with van der Waals surface area (Å²) in [6.45, 7) is 5.98. The molecule has 6 heteroatoms. The number of aromatic nitrogens is 1. The fourth-order valence-corrected chi connectivity index (χ4v) is 2.97. The SMILES string of the molecule is CCCC(C(N)=S)N1CCN(c2ccc(Cl)cn2)CC1. The van der Waals surface area contributed by atoms with E-state index in [1.807, 2.05) is 12.1 Å². The normalized spacial score (nSPS) is 18.0. The fourth-order valence-electron chi connectivity index (χ4n) is 2.60. The number of halogens is 1. The van der Waals surface area contributed by atoms with Crippen LogP contribution >= 0.6 is 23.8 Å². The summed E-state index contributed by atoms with van der Waals surface area (Å²) in [6, 6.07) is 4.08. The zero-order chi connectivity index (χ0) is 14.5. The van der Waals surface area contributed by atoms with Gasteiger partial charge in [-0.05, 0) is 18.6 Å². The van der Waals surface area contributed by atoms with Crippen molar-refractivity contribution in [2.24, 2.45) is 5.73 Å². The molecule has 1 aromatic rings. The number of thiocarbonyl (C=S) groups is 1. The van der Waals surface area contributed by atoms with Gasteiger partial charge >= 0.3 is 0 Å². The van der Waals surface area contributed by atoms with Crippen LogP contribution in [-0.2, 0) is 0 Å². The molecule has 1 fully saturated rings. The second kappa shape index (κ2) is 7.20. The lowest BCUT2D eigenvalue weighted by Crippen LogP contribution is -2.53. The van der Waals surface area contributed by atoms with Crippen molar-refractivity contribution < 1.29 is 0 Å². The predicted octanol–water partition coefficient (Wildman–Crippen LogP) is 2.31. The van der Waals surface area contributed by atoms with Crippen LogP contribution in [0.15, 0.2) is 18.3 Å². The van der Waals surface area contributed by atoms with Gasteiger partial charge in [0.2, 0.25) is 0 Å². The number of piperazine rings is 1. The minimum absolute atomic E-state index is 0.232. The van der Waals surface area contributed by atoms with Crippen molar-refractivity contribution in [1.82, 2.24) is 9.88 Å². The van der Waals surface area contributed by atoms with Gasteiger partial charge in [0.1, 0.15) is 5.82 Å². The van der Waals surface area contributed by atoms with Gasteiger partial charge in [-0.2, -0.15) is 0 Å². The molecule has 2 rings (SSSR count). The molecule has 20 heavy (non-hydrogen) atoms. The number of anilines is 1. The average Bonchev–Trinajstić information content (AvgIpc) is 2.45. The highest BCUT2D eigenvalue weighted by atomic mass is 35.5. The topological polar surface area (TPSA) is 45.4 Å². The first-order valence-electron chi connectivity index (χ1n) is 7.01. The number of rotatable bonds is 5. The molecule has 1 saturated heterocycles. The number of pyridine rings is 1. The molecule has 0 bridgehead atoms. The van der Waals surface area contributed by atoms with Gasteiger partial charge < -0.3 is 10.6 Å². The molecule has 0 aromatic carbocycles. The van der Waals surface area contributed by atoms with Crippen LogP contribution in [0.25, 0.3) is 0 Å². The van der Waals surface area contributed by atoms with E-state index in [1.165, 1.54) is 0 Å². The summed E-state index contributed by atoms with van der Waals surface area (Å²) in [6.07, 6.45) is 3.83. The number of nitrogens with zero attached hydrogens (tertiary/aromatic N) is 3. The van der Waals surface area contributed by atoms with E-state index in [1.54, 1.807) is 6.20 Å². The molecule has 0 saturated carbocycles. The van der Waals surface area contributed by atoms with Gasteiger partial charge in [0.25, 0.3) is 0 Å². The average molecular weight is 313 g/mol. The standard InChI is InChI=1S/C14H21ClN4S/c1-2-3-12(14(16)20)18-6-8-19(9-7-18)13-5-4-11(15)10-17-13/h4-5,10,12H,2-3,6-9H2,1H3,(H2,16,20). The Labute approximate surface area is 130 Å². The highest BCUT2D eigenvalue weighted by Crippen LogP contribution is 2.18. The van der Waals surface area contributed by atoms with Crippen LogP contribution in [0.2, 0.25) is 5.02 Å². The van der Waals surface area contributed by atoms with Gasteiger partial charge in [-0.3, -0.25) is 4.90 Å². The van der Waals surface area contributed by atoms with Gasteiger partial charge in [0, 0.05) is 32.4 Å². The summed E-state index contributed by atoms with van der Waals surface area (Å²) >= 11 is 11.1. The van der Waals surface area contributed by atoms with Crippen LogP contribution in [0.3, 0.4) is 0 Å². The first-order chi connectivity index (χ1) is 9.61. The van der Waals surface area contributed by atoms with Crippen molar-refractivity contribution in [2.45, 2.75) is 25.8 Å². The first kappa shape index (κ1) is 15.5. The molecular formula is C14H21ClN4S. The molecule has 110 valence electrons. The Morgan fingerprint density at radius 1 is 1.40 bits per heavy atom. The van der Waals surface area contributed by atoms with E-state index in [0.717, 1.165) is 44.8 Å². The zero-order valence-electron chi connectivity index (χ0n) is 11.8. The minimum atomic E-state index is 0.232. The fraction of sp³-hybridized carbons (Fsp3) is 0.571. The summed E-state index contributed by atoms with van der Waals surface area (Å²) < 4.78 is 0. The molecule has 0 aliphatic carbocycles. The summed E-state index contributed by atoms with van der Waals surface area (Å²) in [4.78, 5) is 9.64. The van der Waals surface area contributed by atoms with Crippen molar-refractivity contribution in [3.05, 3.63) is 23.4 Å². The van der Waals surface area contributed by atoms with E-state index in [9.17, 15) is 0 Å². The van der Waals surface area contributed by atoms with Crippen molar-refractivity contribution in [1.29, 1.82) is 0 Å². The maximum absolute atomic E-state index is 5.87. The van der Waals surface area contributed by atoms with E-state index in [2.05, 4.69) is 21.7 Å². The first-order valence-corrected chi connectivity index (χ1v) is 7.80. The molecule has 0 amide bonds. The molecule has 1 aliphatic heterocycles. The van der Waals surface area contributed by atoms with E-state index in [-0.39, 0.29) is 6.04 Å². The number of hydrogen-bond donors (Lipinski definition) is 1. The van der Waals surface area contributed by atoms with E-state index in [4.69, 9.17) is 29.6 Å². The van der Waals surface area contributed by atoms with Gasteiger partial charge in [-0.25, -0.2) is 4.98 Å². The maximum Gasteiger partial charge on any atom is 0.128 e. The Bertz CT molecular complexity index is 443. The number of nitrogens with two attached hydrogens (primary N) is 1. The van der Waals surface area contributed by atoms with Crippen LogP contribution in [-0.4, -0.2) is 47.1 Å². The Morgan fingerprint density at radius 2 is 2.10 bits per heavy atom. The monoisotopic (exact) mass is 312 g/mol. The van der Waals surface area contributed by atoms with Gasteiger partial charge in [0.15, 0.2) is 0 Å². The molecule has 1 aromatic heterocycles. The Balaban J connectivity index is 1.94. The smallest absolute Gasteiger partial charge is 0.128 e. The molecule has 0 radical (unpaired) electrons. The number of hydrogen-bond acceptors (Lipinski definition) is 4. The second-order valence-electron chi connectivity index (χ2n) is 5.06. The zero-order valence-corrected chi connectivity index (χ0v) is 13.3. The second-order valence-corrected chi connectivity index (χ2v) is 5.97. The molecular weight excluding hydrogens is 292 g/mol. The largest absolute Gasteiger partial charge is 0.392 e. The third-order valence-corrected chi connectivity index (χ3v) is 4.18. The van der Waals surface area contributed by atoms with Crippen LogP contribution < -0.4 is 10.6 Å². The van der Waals surface area contributed by atoms with Crippen LogP contribution in [0.5, 0.6) is 0 Å². The predicted molar refractivity (Wildman–Crippen MR) is 88.5 cm³/mol. The molecule has 2 heterocycles. The van der Waals surface area contributed by atoms with Crippen LogP contribution in [0.1, 0.15) is 19.8 Å². The van der Waals surface area contributed by atoms with Crippen LogP contribution in [0, 0.1) is 0 Å². The molecule has 0 spiro atoms. The van der Waals surface area contributed by atoms with Gasteiger partial charge in [-0.15, -0.1) is 0 Å². The molecule has 4 nitrogen and oxygen atoms in total. The third-order valence-electron chi connectivity index (χ3n) is 3.68. The molecule has 1 unspecified atom stereocenters. The third kappa shape index (κ3) is 3.81. The van der Waals surface area contributed by atoms with Crippen molar-refractivity contribution in [3.8, 4) is 0 Å². The van der Waals surface area contributed by atoms with E-state index in [0.29, 0.717) is 10.0 Å². The highest BCUT2D eigenvalue weighted by Gasteiger charge is 2.25. The summed E-state index contributed by atoms with van der Waals surface area (Å²) in [7, 11) is 0. The van der Waals surface area contributed by atoms with Crippen molar-refractivity contribution >= 4 is 34.6 Å². The minimum Gasteiger partial charge on any atom is -0.392 e. The Morgan fingerprint density at radius 3 is 2.60 bits per heavy atom. The van der Waals surface area contributed by atoms with Gasteiger partial charge in [0.05, 0.1) is 16.1 Å². The van der Waals surface area contributed by atoms with Crippen molar-refractivity contribution in [2.75, 3.05) is 31.1 Å². The van der Waals surface area contributed by atoms with Crippen LogP contribution in [0.4, 0.5) is 5.82 Å². The summed E-state index contributed by atoms with van der Waals surface area (Å²) in [5.74, 6) is 0.983. The molecule has 1 atom stereocenters. The summed E-state index contributed by atoms with van der Waals surface area (Å²) in [5, 5.41) is 0.670. The van der Waals surface area contributed by atoms with E-state index < -0.39 is 0 Å². The maximum atomic E-state index is 5.87. The molecule has 2 N–H and O–H groups in total.